The summed E-state index contributed by atoms with van der Waals surface area (Å²) in [6.45, 7) is 5.33. The Kier molecular flexibility index (Phi) is 3.94. The SMILES string of the molecule is CC(C)COc1ccc(-c2n[nH]c(CN)n2)cc1. The van der Waals surface area contributed by atoms with Crippen molar-refractivity contribution in [3.05, 3.63) is 30.1 Å². The van der Waals surface area contributed by atoms with Crippen molar-refractivity contribution in [2.24, 2.45) is 11.7 Å². The Morgan fingerprint density at radius 3 is 2.56 bits per heavy atom. The molecule has 3 N–H and O–H groups in total. The van der Waals surface area contributed by atoms with Crippen LogP contribution in [0.2, 0.25) is 0 Å². The number of ether oxygens (including phenoxy) is 1. The first-order valence-electron chi connectivity index (χ1n) is 6.03. The van der Waals surface area contributed by atoms with Gasteiger partial charge in [0.25, 0.3) is 0 Å². The zero-order chi connectivity index (χ0) is 13.0. The maximum atomic E-state index is 5.62. The van der Waals surface area contributed by atoms with E-state index in [2.05, 4.69) is 29.0 Å². The van der Waals surface area contributed by atoms with E-state index in [9.17, 15) is 0 Å². The first kappa shape index (κ1) is 12.6. The Hall–Kier alpha value is -1.88. The summed E-state index contributed by atoms with van der Waals surface area (Å²) in [6, 6.07) is 7.74. The van der Waals surface area contributed by atoms with Crippen LogP contribution in [0.3, 0.4) is 0 Å². The van der Waals surface area contributed by atoms with Crippen LogP contribution in [0.4, 0.5) is 0 Å². The van der Waals surface area contributed by atoms with Gasteiger partial charge in [-0.15, -0.1) is 0 Å². The van der Waals surface area contributed by atoms with Crippen molar-refractivity contribution in [3.63, 3.8) is 0 Å². The Bertz CT molecular complexity index is 490. The summed E-state index contributed by atoms with van der Waals surface area (Å²) >= 11 is 0. The summed E-state index contributed by atoms with van der Waals surface area (Å²) in [7, 11) is 0. The predicted octanol–water partition coefficient (Wildman–Crippen LogP) is 1.97. The van der Waals surface area contributed by atoms with E-state index >= 15 is 0 Å². The van der Waals surface area contributed by atoms with Crippen molar-refractivity contribution in [3.8, 4) is 17.1 Å². The van der Waals surface area contributed by atoms with Gasteiger partial charge in [-0.25, -0.2) is 4.98 Å². The summed E-state index contributed by atoms with van der Waals surface area (Å²) in [4.78, 5) is 4.27. The molecule has 0 aliphatic rings. The van der Waals surface area contributed by atoms with Gasteiger partial charge in [0.15, 0.2) is 5.82 Å². The highest BCUT2D eigenvalue weighted by Crippen LogP contribution is 2.19. The Morgan fingerprint density at radius 2 is 2.00 bits per heavy atom. The average Bonchev–Trinajstić information content (AvgIpc) is 2.85. The summed E-state index contributed by atoms with van der Waals surface area (Å²) in [5.41, 5.74) is 6.43. The molecule has 18 heavy (non-hydrogen) atoms. The third-order valence-electron chi connectivity index (χ3n) is 2.42. The normalized spacial score (nSPS) is 10.9. The quantitative estimate of drug-likeness (QED) is 0.845. The van der Waals surface area contributed by atoms with E-state index in [1.165, 1.54) is 0 Å². The Morgan fingerprint density at radius 1 is 1.28 bits per heavy atom. The van der Waals surface area contributed by atoms with E-state index in [0.29, 0.717) is 24.1 Å². The molecule has 2 aromatic rings. The molecule has 0 fully saturated rings. The lowest BCUT2D eigenvalue weighted by molar-refractivity contribution is 0.271. The van der Waals surface area contributed by atoms with Gasteiger partial charge in [0, 0.05) is 5.56 Å². The van der Waals surface area contributed by atoms with Gasteiger partial charge in [-0.05, 0) is 30.2 Å². The maximum absolute atomic E-state index is 5.62. The number of H-pyrrole nitrogens is 1. The standard InChI is InChI=1S/C13H18N4O/c1-9(2)8-18-11-5-3-10(4-6-11)13-15-12(7-14)16-17-13/h3-6,9H,7-8,14H2,1-2H3,(H,15,16,17). The highest BCUT2D eigenvalue weighted by molar-refractivity contribution is 5.55. The molecule has 1 heterocycles. The van der Waals surface area contributed by atoms with E-state index in [1.54, 1.807) is 0 Å². The number of nitrogens with two attached hydrogens (primary N) is 1. The lowest BCUT2D eigenvalue weighted by Crippen LogP contribution is -2.04. The van der Waals surface area contributed by atoms with E-state index in [4.69, 9.17) is 10.5 Å². The van der Waals surface area contributed by atoms with Crippen LogP contribution in [-0.2, 0) is 6.54 Å². The van der Waals surface area contributed by atoms with Crippen molar-refractivity contribution < 1.29 is 4.74 Å². The summed E-state index contributed by atoms with van der Waals surface area (Å²) < 4.78 is 5.62. The van der Waals surface area contributed by atoms with Crippen LogP contribution < -0.4 is 10.5 Å². The smallest absolute Gasteiger partial charge is 0.181 e. The minimum absolute atomic E-state index is 0.364. The minimum atomic E-state index is 0.364. The third-order valence-corrected chi connectivity index (χ3v) is 2.42. The molecule has 0 aliphatic carbocycles. The van der Waals surface area contributed by atoms with Crippen molar-refractivity contribution in [2.45, 2.75) is 20.4 Å². The number of nitrogens with one attached hydrogen (secondary N) is 1. The molecule has 0 amide bonds. The molecular formula is C13H18N4O. The summed E-state index contributed by atoms with van der Waals surface area (Å²) in [5.74, 6) is 2.72. The number of aromatic nitrogens is 3. The van der Waals surface area contributed by atoms with Gasteiger partial charge in [0.2, 0.25) is 0 Å². The van der Waals surface area contributed by atoms with Gasteiger partial charge in [-0.1, -0.05) is 13.8 Å². The fourth-order valence-corrected chi connectivity index (χ4v) is 1.48. The van der Waals surface area contributed by atoms with Crippen molar-refractivity contribution in [1.82, 2.24) is 15.2 Å². The minimum Gasteiger partial charge on any atom is -0.493 e. The molecule has 0 unspecified atom stereocenters. The van der Waals surface area contributed by atoms with Gasteiger partial charge in [0.05, 0.1) is 13.2 Å². The average molecular weight is 246 g/mol. The van der Waals surface area contributed by atoms with Crippen molar-refractivity contribution in [2.75, 3.05) is 6.61 Å². The van der Waals surface area contributed by atoms with Gasteiger partial charge < -0.3 is 10.5 Å². The lowest BCUT2D eigenvalue weighted by Gasteiger charge is -2.08. The zero-order valence-electron chi connectivity index (χ0n) is 10.7. The van der Waals surface area contributed by atoms with Crippen LogP contribution in [0.1, 0.15) is 19.7 Å². The number of aromatic amines is 1. The first-order chi connectivity index (χ1) is 8.69. The highest BCUT2D eigenvalue weighted by atomic mass is 16.5. The monoisotopic (exact) mass is 246 g/mol. The number of rotatable bonds is 5. The molecule has 0 saturated heterocycles. The zero-order valence-corrected chi connectivity index (χ0v) is 10.7. The molecule has 96 valence electrons. The molecule has 0 spiro atoms. The Balaban J connectivity index is 2.07. The number of nitrogens with zero attached hydrogens (tertiary/aromatic N) is 2. The van der Waals surface area contributed by atoms with E-state index in [0.717, 1.165) is 17.9 Å². The lowest BCUT2D eigenvalue weighted by atomic mass is 10.2. The molecule has 5 nitrogen and oxygen atoms in total. The third kappa shape index (κ3) is 3.07. The van der Waals surface area contributed by atoms with E-state index in [-0.39, 0.29) is 0 Å². The van der Waals surface area contributed by atoms with Crippen LogP contribution in [0.5, 0.6) is 5.75 Å². The molecule has 0 saturated carbocycles. The van der Waals surface area contributed by atoms with Crippen LogP contribution in [0, 0.1) is 5.92 Å². The van der Waals surface area contributed by atoms with Crippen molar-refractivity contribution in [1.29, 1.82) is 0 Å². The van der Waals surface area contributed by atoms with Crippen molar-refractivity contribution >= 4 is 0 Å². The largest absolute Gasteiger partial charge is 0.493 e. The predicted molar refractivity (Wildman–Crippen MR) is 70.0 cm³/mol. The second kappa shape index (κ2) is 5.64. The Labute approximate surface area is 106 Å². The molecule has 0 aliphatic heterocycles. The molecule has 0 radical (unpaired) electrons. The topological polar surface area (TPSA) is 76.8 Å². The molecule has 0 atom stereocenters. The number of hydrogen-bond donors (Lipinski definition) is 2. The van der Waals surface area contributed by atoms with E-state index in [1.807, 2.05) is 24.3 Å². The van der Waals surface area contributed by atoms with Crippen LogP contribution in [0.25, 0.3) is 11.4 Å². The highest BCUT2D eigenvalue weighted by Gasteiger charge is 2.05. The van der Waals surface area contributed by atoms with Gasteiger partial charge in [0.1, 0.15) is 11.6 Å². The van der Waals surface area contributed by atoms with Gasteiger partial charge in [-0.2, -0.15) is 5.10 Å². The molecule has 1 aromatic heterocycles. The summed E-state index contributed by atoms with van der Waals surface area (Å²) in [5, 5.41) is 6.90. The maximum Gasteiger partial charge on any atom is 0.181 e. The molecule has 2 rings (SSSR count). The molecule has 5 heteroatoms. The number of hydrogen-bond acceptors (Lipinski definition) is 4. The fourth-order valence-electron chi connectivity index (χ4n) is 1.48. The van der Waals surface area contributed by atoms with Gasteiger partial charge in [-0.3, -0.25) is 5.10 Å². The molecule has 1 aromatic carbocycles. The van der Waals surface area contributed by atoms with Gasteiger partial charge >= 0.3 is 0 Å². The molecule has 0 bridgehead atoms. The first-order valence-corrected chi connectivity index (χ1v) is 6.03. The van der Waals surface area contributed by atoms with E-state index < -0.39 is 0 Å². The summed E-state index contributed by atoms with van der Waals surface area (Å²) in [6.07, 6.45) is 0. The molecular weight excluding hydrogens is 228 g/mol. The van der Waals surface area contributed by atoms with Crippen LogP contribution >= 0.6 is 0 Å². The second-order valence-electron chi connectivity index (χ2n) is 4.54. The fraction of sp³-hybridized carbons (Fsp3) is 0.385. The second-order valence-corrected chi connectivity index (χ2v) is 4.54. The van der Waals surface area contributed by atoms with Crippen LogP contribution in [-0.4, -0.2) is 21.8 Å². The van der Waals surface area contributed by atoms with Crippen LogP contribution in [0.15, 0.2) is 24.3 Å². The number of benzene rings is 1.